The summed E-state index contributed by atoms with van der Waals surface area (Å²) in [6.07, 6.45) is 8.29. The molecule has 0 bridgehead atoms. The van der Waals surface area contributed by atoms with Crippen LogP contribution in [0.2, 0.25) is 0 Å². The zero-order valence-corrected chi connectivity index (χ0v) is 11.3. The molecule has 1 N–H and O–H groups in total. The molecule has 0 radical (unpaired) electrons. The molecule has 1 unspecified atom stereocenters. The van der Waals surface area contributed by atoms with Gasteiger partial charge in [0.25, 0.3) is 0 Å². The third-order valence-electron chi connectivity index (χ3n) is 3.07. The SMILES string of the molecule is CCC(C)CNCCCCCCC(C)C. The first-order valence-corrected chi connectivity index (χ1v) is 6.87. The van der Waals surface area contributed by atoms with Crippen molar-refractivity contribution < 1.29 is 0 Å². The van der Waals surface area contributed by atoms with E-state index in [2.05, 4.69) is 33.0 Å². The fraction of sp³-hybridized carbons (Fsp3) is 1.00. The van der Waals surface area contributed by atoms with E-state index in [1.807, 2.05) is 0 Å². The number of hydrogen-bond donors (Lipinski definition) is 1. The van der Waals surface area contributed by atoms with Crippen molar-refractivity contribution in [2.75, 3.05) is 13.1 Å². The Morgan fingerprint density at radius 1 is 0.933 bits per heavy atom. The predicted molar refractivity (Wildman–Crippen MR) is 70.2 cm³/mol. The van der Waals surface area contributed by atoms with Crippen molar-refractivity contribution in [2.45, 2.75) is 66.2 Å². The van der Waals surface area contributed by atoms with Gasteiger partial charge in [-0.2, -0.15) is 0 Å². The molecule has 0 aromatic rings. The summed E-state index contributed by atoms with van der Waals surface area (Å²) >= 11 is 0. The minimum atomic E-state index is 0.839. The number of hydrogen-bond acceptors (Lipinski definition) is 1. The summed E-state index contributed by atoms with van der Waals surface area (Å²) in [7, 11) is 0. The van der Waals surface area contributed by atoms with Crippen LogP contribution in [0, 0.1) is 11.8 Å². The molecule has 0 aliphatic carbocycles. The van der Waals surface area contributed by atoms with Crippen LogP contribution in [0.4, 0.5) is 0 Å². The highest BCUT2D eigenvalue weighted by Crippen LogP contribution is 2.09. The van der Waals surface area contributed by atoms with Crippen LogP contribution in [0.1, 0.15) is 66.2 Å². The topological polar surface area (TPSA) is 12.0 Å². The Balaban J connectivity index is 2.99. The van der Waals surface area contributed by atoms with Crippen molar-refractivity contribution in [1.29, 1.82) is 0 Å². The molecule has 1 nitrogen and oxygen atoms in total. The molecule has 0 aromatic carbocycles. The Morgan fingerprint density at radius 2 is 1.60 bits per heavy atom. The zero-order valence-electron chi connectivity index (χ0n) is 11.3. The highest BCUT2D eigenvalue weighted by atomic mass is 14.8. The number of nitrogens with one attached hydrogen (secondary N) is 1. The van der Waals surface area contributed by atoms with Gasteiger partial charge in [0.2, 0.25) is 0 Å². The summed E-state index contributed by atoms with van der Waals surface area (Å²) in [5.74, 6) is 1.72. The lowest BCUT2D eigenvalue weighted by Gasteiger charge is -2.09. The van der Waals surface area contributed by atoms with Gasteiger partial charge in [0.15, 0.2) is 0 Å². The van der Waals surface area contributed by atoms with Crippen LogP contribution < -0.4 is 5.32 Å². The van der Waals surface area contributed by atoms with Crippen LogP contribution in [0.3, 0.4) is 0 Å². The molecule has 0 amide bonds. The average molecular weight is 213 g/mol. The summed E-state index contributed by atoms with van der Waals surface area (Å²) in [6, 6.07) is 0. The van der Waals surface area contributed by atoms with E-state index in [0.717, 1.165) is 11.8 Å². The van der Waals surface area contributed by atoms with E-state index in [-0.39, 0.29) is 0 Å². The number of unbranched alkanes of at least 4 members (excludes halogenated alkanes) is 3. The van der Waals surface area contributed by atoms with Crippen molar-refractivity contribution in [2.24, 2.45) is 11.8 Å². The minimum Gasteiger partial charge on any atom is -0.316 e. The molecule has 0 saturated carbocycles. The maximum Gasteiger partial charge on any atom is -0.00233 e. The van der Waals surface area contributed by atoms with E-state index in [4.69, 9.17) is 0 Å². The molecule has 0 aliphatic heterocycles. The van der Waals surface area contributed by atoms with E-state index in [9.17, 15) is 0 Å². The fourth-order valence-corrected chi connectivity index (χ4v) is 1.65. The molecule has 0 rings (SSSR count). The van der Waals surface area contributed by atoms with Gasteiger partial charge in [-0.25, -0.2) is 0 Å². The van der Waals surface area contributed by atoms with Crippen molar-refractivity contribution in [3.8, 4) is 0 Å². The van der Waals surface area contributed by atoms with Gasteiger partial charge in [-0.05, 0) is 31.3 Å². The standard InChI is InChI=1S/C14H31N/c1-5-14(4)12-15-11-9-7-6-8-10-13(2)3/h13-15H,5-12H2,1-4H3. The second-order valence-electron chi connectivity index (χ2n) is 5.31. The lowest BCUT2D eigenvalue weighted by molar-refractivity contribution is 0.478. The van der Waals surface area contributed by atoms with Crippen LogP contribution in [0.15, 0.2) is 0 Å². The molecular formula is C14H31N. The molecule has 92 valence electrons. The molecule has 0 fully saturated rings. The van der Waals surface area contributed by atoms with E-state index < -0.39 is 0 Å². The summed E-state index contributed by atoms with van der Waals surface area (Å²) in [4.78, 5) is 0. The van der Waals surface area contributed by atoms with Crippen LogP contribution in [0.5, 0.6) is 0 Å². The molecule has 15 heavy (non-hydrogen) atoms. The van der Waals surface area contributed by atoms with Crippen molar-refractivity contribution >= 4 is 0 Å². The lowest BCUT2D eigenvalue weighted by atomic mass is 10.0. The normalized spacial score (nSPS) is 13.4. The van der Waals surface area contributed by atoms with E-state index in [0.29, 0.717) is 0 Å². The highest BCUT2D eigenvalue weighted by molar-refractivity contribution is 4.55. The summed E-state index contributed by atoms with van der Waals surface area (Å²) in [5.41, 5.74) is 0. The Morgan fingerprint density at radius 3 is 2.20 bits per heavy atom. The van der Waals surface area contributed by atoms with Crippen molar-refractivity contribution in [1.82, 2.24) is 5.32 Å². The first kappa shape index (κ1) is 15.0. The third-order valence-corrected chi connectivity index (χ3v) is 3.07. The van der Waals surface area contributed by atoms with Crippen LogP contribution in [0.25, 0.3) is 0 Å². The summed E-state index contributed by atoms with van der Waals surface area (Å²) in [6.45, 7) is 11.6. The molecule has 0 saturated heterocycles. The van der Waals surface area contributed by atoms with Gasteiger partial charge in [-0.3, -0.25) is 0 Å². The highest BCUT2D eigenvalue weighted by Gasteiger charge is 1.97. The summed E-state index contributed by atoms with van der Waals surface area (Å²) < 4.78 is 0. The molecule has 0 spiro atoms. The fourth-order valence-electron chi connectivity index (χ4n) is 1.65. The van der Waals surface area contributed by atoms with Gasteiger partial charge < -0.3 is 5.32 Å². The van der Waals surface area contributed by atoms with Gasteiger partial charge in [0, 0.05) is 0 Å². The first-order valence-electron chi connectivity index (χ1n) is 6.87. The Labute approximate surface area is 97.0 Å². The molecule has 0 aliphatic rings. The van der Waals surface area contributed by atoms with Crippen LogP contribution in [-0.2, 0) is 0 Å². The zero-order chi connectivity index (χ0) is 11.5. The predicted octanol–water partition coefficient (Wildman–Crippen LogP) is 4.23. The summed E-state index contributed by atoms with van der Waals surface area (Å²) in [5, 5.41) is 3.54. The molecule has 0 heterocycles. The van der Waals surface area contributed by atoms with E-state index >= 15 is 0 Å². The van der Waals surface area contributed by atoms with Gasteiger partial charge in [0.1, 0.15) is 0 Å². The van der Waals surface area contributed by atoms with Gasteiger partial charge in [0.05, 0.1) is 0 Å². The molecule has 0 aromatic heterocycles. The quantitative estimate of drug-likeness (QED) is 0.536. The largest absolute Gasteiger partial charge is 0.316 e. The maximum absolute atomic E-state index is 3.54. The lowest BCUT2D eigenvalue weighted by Crippen LogP contribution is -2.21. The van der Waals surface area contributed by atoms with Gasteiger partial charge in [-0.15, -0.1) is 0 Å². The molecular weight excluding hydrogens is 182 g/mol. The monoisotopic (exact) mass is 213 g/mol. The second-order valence-corrected chi connectivity index (χ2v) is 5.31. The van der Waals surface area contributed by atoms with Crippen LogP contribution in [-0.4, -0.2) is 13.1 Å². The van der Waals surface area contributed by atoms with Crippen molar-refractivity contribution in [3.63, 3.8) is 0 Å². The Bertz CT molecular complexity index is 121. The van der Waals surface area contributed by atoms with E-state index in [1.165, 1.54) is 51.6 Å². The smallest absolute Gasteiger partial charge is 0.00233 e. The van der Waals surface area contributed by atoms with Crippen molar-refractivity contribution in [3.05, 3.63) is 0 Å². The Kier molecular flexibility index (Phi) is 10.4. The molecule has 1 atom stereocenters. The maximum atomic E-state index is 3.54. The van der Waals surface area contributed by atoms with Gasteiger partial charge >= 0.3 is 0 Å². The minimum absolute atomic E-state index is 0.839. The van der Waals surface area contributed by atoms with Gasteiger partial charge in [-0.1, -0.05) is 59.8 Å². The van der Waals surface area contributed by atoms with E-state index in [1.54, 1.807) is 0 Å². The average Bonchev–Trinajstić information content (AvgIpc) is 2.21. The molecule has 1 heteroatoms. The first-order chi connectivity index (χ1) is 7.16. The Hall–Kier alpha value is -0.0400. The second kappa shape index (κ2) is 10.5. The number of rotatable bonds is 10. The van der Waals surface area contributed by atoms with Crippen LogP contribution >= 0.6 is 0 Å². The third kappa shape index (κ3) is 11.9.